The van der Waals surface area contributed by atoms with E-state index in [0.29, 0.717) is 17.5 Å². The first kappa shape index (κ1) is 18.6. The van der Waals surface area contributed by atoms with Gasteiger partial charge in [0.05, 0.1) is 11.4 Å². The van der Waals surface area contributed by atoms with Gasteiger partial charge in [0.15, 0.2) is 0 Å². The lowest BCUT2D eigenvalue weighted by Crippen LogP contribution is -2.36. The first-order valence-corrected chi connectivity index (χ1v) is 9.40. The van der Waals surface area contributed by atoms with Gasteiger partial charge >= 0.3 is 0 Å². The van der Waals surface area contributed by atoms with E-state index in [9.17, 15) is 9.59 Å². The zero-order valence-corrected chi connectivity index (χ0v) is 16.0. The second-order valence-electron chi connectivity index (χ2n) is 6.86. The van der Waals surface area contributed by atoms with Crippen LogP contribution in [0.15, 0.2) is 94.6 Å². The summed E-state index contributed by atoms with van der Waals surface area (Å²) in [5, 5.41) is 0.395. The number of hydrogen-bond donors (Lipinski definition) is 0. The Morgan fingerprint density at radius 3 is 2.55 bits per heavy atom. The van der Waals surface area contributed by atoms with Crippen molar-refractivity contribution in [2.45, 2.75) is 19.5 Å². The maximum Gasteiger partial charge on any atom is 0.261 e. The van der Waals surface area contributed by atoms with Crippen LogP contribution < -0.4 is 5.43 Å². The van der Waals surface area contributed by atoms with E-state index in [0.717, 1.165) is 11.1 Å². The van der Waals surface area contributed by atoms with Crippen molar-refractivity contribution in [2.75, 3.05) is 0 Å². The van der Waals surface area contributed by atoms with E-state index in [-0.39, 0.29) is 22.9 Å². The molecule has 1 unspecified atom stereocenters. The molecule has 1 amide bonds. The molecule has 5 heteroatoms. The number of benzene rings is 2. The fourth-order valence-corrected chi connectivity index (χ4v) is 3.36. The maximum atomic E-state index is 13.5. The molecule has 4 aromatic rings. The van der Waals surface area contributed by atoms with Gasteiger partial charge in [-0.2, -0.15) is 0 Å². The number of para-hydroxylation sites is 1. The minimum absolute atomic E-state index is 0.0235. The molecule has 0 N–H and O–H groups in total. The van der Waals surface area contributed by atoms with E-state index >= 15 is 0 Å². The Kier molecular flexibility index (Phi) is 5.20. The van der Waals surface area contributed by atoms with E-state index in [1.165, 1.54) is 6.26 Å². The quantitative estimate of drug-likeness (QED) is 0.505. The number of hydrogen-bond acceptors (Lipinski definition) is 4. The lowest BCUT2D eigenvalue weighted by Gasteiger charge is -2.29. The molecule has 0 aliphatic carbocycles. The third kappa shape index (κ3) is 3.80. The van der Waals surface area contributed by atoms with Crippen LogP contribution in [0.2, 0.25) is 0 Å². The predicted octanol–water partition coefficient (Wildman–Crippen LogP) is 4.59. The highest BCUT2D eigenvalue weighted by atomic mass is 16.3. The van der Waals surface area contributed by atoms with E-state index in [1.807, 2.05) is 49.4 Å². The van der Waals surface area contributed by atoms with Gasteiger partial charge in [-0.3, -0.25) is 14.6 Å². The standard InChI is InChI=1S/C24H20N2O3/c1-17(19-9-3-2-4-10-19)26(15-18-8-7-13-25-14-18)24(28)21-16-29-22-12-6-5-11-20(22)23(21)27/h2-14,16-17H,15H2,1H3. The van der Waals surface area contributed by atoms with Crippen LogP contribution in [-0.4, -0.2) is 15.8 Å². The molecule has 2 heterocycles. The van der Waals surface area contributed by atoms with Crippen LogP contribution in [0.4, 0.5) is 0 Å². The topological polar surface area (TPSA) is 63.4 Å². The van der Waals surface area contributed by atoms with Gasteiger partial charge in [-0.1, -0.05) is 48.5 Å². The Hall–Kier alpha value is -3.73. The van der Waals surface area contributed by atoms with Gasteiger partial charge < -0.3 is 9.32 Å². The third-order valence-electron chi connectivity index (χ3n) is 5.00. The van der Waals surface area contributed by atoms with E-state index in [2.05, 4.69) is 4.98 Å². The average molecular weight is 384 g/mol. The van der Waals surface area contributed by atoms with Crippen LogP contribution in [0.25, 0.3) is 11.0 Å². The highest BCUT2D eigenvalue weighted by molar-refractivity contribution is 5.96. The van der Waals surface area contributed by atoms with Crippen molar-refractivity contribution in [3.05, 3.63) is 112 Å². The number of nitrogens with zero attached hydrogens (tertiary/aromatic N) is 2. The molecule has 0 aliphatic heterocycles. The molecule has 0 aliphatic rings. The third-order valence-corrected chi connectivity index (χ3v) is 5.00. The molecule has 0 saturated carbocycles. The molecule has 2 aromatic heterocycles. The largest absolute Gasteiger partial charge is 0.463 e. The fraction of sp³-hybridized carbons (Fsp3) is 0.125. The number of amides is 1. The number of carbonyl (C=O) groups excluding carboxylic acids is 1. The van der Waals surface area contributed by atoms with Crippen molar-refractivity contribution in [3.63, 3.8) is 0 Å². The second-order valence-corrected chi connectivity index (χ2v) is 6.86. The summed E-state index contributed by atoms with van der Waals surface area (Å²) in [4.78, 5) is 32.3. The Labute approximate surface area is 168 Å². The molecule has 5 nitrogen and oxygen atoms in total. The molecule has 2 aromatic carbocycles. The smallest absolute Gasteiger partial charge is 0.261 e. The Balaban J connectivity index is 1.77. The summed E-state index contributed by atoms with van der Waals surface area (Å²) < 4.78 is 5.57. The van der Waals surface area contributed by atoms with Crippen molar-refractivity contribution >= 4 is 16.9 Å². The van der Waals surface area contributed by atoms with Crippen molar-refractivity contribution in [2.24, 2.45) is 0 Å². The summed E-state index contributed by atoms with van der Waals surface area (Å²) in [6.45, 7) is 2.28. The van der Waals surface area contributed by atoms with Crippen LogP contribution >= 0.6 is 0 Å². The van der Waals surface area contributed by atoms with Crippen molar-refractivity contribution in [1.29, 1.82) is 0 Å². The summed E-state index contributed by atoms with van der Waals surface area (Å²) in [6.07, 6.45) is 4.68. The lowest BCUT2D eigenvalue weighted by atomic mass is 10.0. The van der Waals surface area contributed by atoms with E-state index in [4.69, 9.17) is 4.42 Å². The molecule has 4 rings (SSSR count). The highest BCUT2D eigenvalue weighted by Gasteiger charge is 2.26. The Morgan fingerprint density at radius 1 is 1.03 bits per heavy atom. The molecule has 0 bridgehead atoms. The first-order chi connectivity index (χ1) is 14.1. The predicted molar refractivity (Wildman–Crippen MR) is 111 cm³/mol. The molecular weight excluding hydrogens is 364 g/mol. The van der Waals surface area contributed by atoms with Gasteiger partial charge in [0.2, 0.25) is 5.43 Å². The minimum Gasteiger partial charge on any atom is -0.463 e. The van der Waals surface area contributed by atoms with Gasteiger partial charge in [0.25, 0.3) is 5.91 Å². The number of aromatic nitrogens is 1. The van der Waals surface area contributed by atoms with Gasteiger partial charge in [0, 0.05) is 18.9 Å². The van der Waals surface area contributed by atoms with Crippen molar-refractivity contribution < 1.29 is 9.21 Å². The fourth-order valence-electron chi connectivity index (χ4n) is 3.36. The summed E-state index contributed by atoms with van der Waals surface area (Å²) in [5.41, 5.74) is 2.02. The molecule has 0 fully saturated rings. The molecule has 29 heavy (non-hydrogen) atoms. The van der Waals surface area contributed by atoms with Gasteiger partial charge in [-0.25, -0.2) is 0 Å². The van der Waals surface area contributed by atoms with Crippen LogP contribution in [0.1, 0.15) is 34.5 Å². The van der Waals surface area contributed by atoms with Gasteiger partial charge in [-0.05, 0) is 36.2 Å². The van der Waals surface area contributed by atoms with E-state index < -0.39 is 0 Å². The van der Waals surface area contributed by atoms with Crippen LogP contribution in [-0.2, 0) is 6.54 Å². The SMILES string of the molecule is CC(c1ccccc1)N(Cc1cccnc1)C(=O)c1coc2ccccc2c1=O. The Bertz CT molecular complexity index is 1190. The van der Waals surface area contributed by atoms with Crippen molar-refractivity contribution in [3.8, 4) is 0 Å². The lowest BCUT2D eigenvalue weighted by molar-refractivity contribution is 0.0670. The molecule has 0 radical (unpaired) electrons. The van der Waals surface area contributed by atoms with Gasteiger partial charge in [-0.15, -0.1) is 0 Å². The number of rotatable bonds is 5. The number of carbonyl (C=O) groups is 1. The Morgan fingerprint density at radius 2 is 1.79 bits per heavy atom. The molecule has 0 saturated heterocycles. The van der Waals surface area contributed by atoms with Crippen LogP contribution in [0, 0.1) is 0 Å². The maximum absolute atomic E-state index is 13.5. The summed E-state index contributed by atoms with van der Waals surface area (Å²) >= 11 is 0. The summed E-state index contributed by atoms with van der Waals surface area (Å²) in [6, 6.07) is 20.2. The van der Waals surface area contributed by atoms with Crippen LogP contribution in [0.5, 0.6) is 0 Å². The zero-order chi connectivity index (χ0) is 20.2. The number of fused-ring (bicyclic) bond motifs is 1. The highest BCUT2D eigenvalue weighted by Crippen LogP contribution is 2.24. The molecule has 1 atom stereocenters. The monoisotopic (exact) mass is 384 g/mol. The minimum atomic E-state index is -0.371. The molecular formula is C24H20N2O3. The average Bonchev–Trinajstić information content (AvgIpc) is 2.78. The zero-order valence-electron chi connectivity index (χ0n) is 16.0. The summed E-state index contributed by atoms with van der Waals surface area (Å²) in [7, 11) is 0. The van der Waals surface area contributed by atoms with E-state index in [1.54, 1.807) is 41.6 Å². The molecule has 144 valence electrons. The normalized spacial score (nSPS) is 11.9. The first-order valence-electron chi connectivity index (χ1n) is 9.40. The number of pyridine rings is 1. The summed E-state index contributed by atoms with van der Waals surface area (Å²) in [5.74, 6) is -0.371. The van der Waals surface area contributed by atoms with Gasteiger partial charge in [0.1, 0.15) is 17.4 Å². The van der Waals surface area contributed by atoms with Crippen LogP contribution in [0.3, 0.4) is 0 Å². The molecule has 0 spiro atoms. The van der Waals surface area contributed by atoms with Crippen molar-refractivity contribution in [1.82, 2.24) is 9.88 Å². The second kappa shape index (κ2) is 8.10.